The fraction of sp³-hybridized carbons (Fsp3) is 0. The van der Waals surface area contributed by atoms with Crippen LogP contribution in [0.15, 0.2) is 152 Å². The molecule has 0 aliphatic carbocycles. The van der Waals surface area contributed by atoms with Gasteiger partial charge in [0.1, 0.15) is 5.82 Å². The number of para-hydroxylation sites is 2. The number of rotatable bonds is 4. The van der Waals surface area contributed by atoms with Crippen LogP contribution in [0, 0.1) is 0 Å². The van der Waals surface area contributed by atoms with E-state index >= 15 is 0 Å². The molecule has 0 N–H and O–H groups in total. The third-order valence-corrected chi connectivity index (χ3v) is 9.67. The van der Waals surface area contributed by atoms with Crippen molar-refractivity contribution < 1.29 is 0 Å². The zero-order valence-electron chi connectivity index (χ0n) is 23.7. The molecule has 0 spiro atoms. The highest BCUT2D eigenvalue weighted by Crippen LogP contribution is 2.40. The molecule has 9 aromatic rings. The Morgan fingerprint density at radius 2 is 1.05 bits per heavy atom. The Morgan fingerprint density at radius 1 is 0.455 bits per heavy atom. The summed E-state index contributed by atoms with van der Waals surface area (Å²) in [7, 11) is 0. The summed E-state index contributed by atoms with van der Waals surface area (Å²) in [5.41, 5.74) is 7.63. The lowest BCUT2D eigenvalue weighted by atomic mass is 10.0. The zero-order chi connectivity index (χ0) is 29.0. The first-order chi connectivity index (χ1) is 21.8. The predicted molar refractivity (Wildman–Crippen MR) is 186 cm³/mol. The first kappa shape index (κ1) is 25.0. The van der Waals surface area contributed by atoms with Gasteiger partial charge in [-0.3, -0.25) is 4.57 Å². The van der Waals surface area contributed by atoms with E-state index in [1.807, 2.05) is 17.4 Å². The molecule has 0 bridgehead atoms. The second kappa shape index (κ2) is 10.0. The average Bonchev–Trinajstić information content (AvgIpc) is 3.65. The van der Waals surface area contributed by atoms with Crippen molar-refractivity contribution in [1.29, 1.82) is 0 Å². The van der Waals surface area contributed by atoms with Crippen molar-refractivity contribution in [2.75, 3.05) is 0 Å². The van der Waals surface area contributed by atoms with E-state index in [1.165, 1.54) is 42.1 Å². The van der Waals surface area contributed by atoms with Gasteiger partial charge in [0.25, 0.3) is 0 Å². The molecule has 0 aliphatic rings. The Kier molecular flexibility index (Phi) is 5.68. The molecular weight excluding hydrogens is 555 g/mol. The van der Waals surface area contributed by atoms with E-state index in [0.717, 1.165) is 33.7 Å². The number of aromatic nitrogens is 3. The van der Waals surface area contributed by atoms with Crippen LogP contribution in [0.25, 0.3) is 81.6 Å². The maximum Gasteiger partial charge on any atom is 0.162 e. The second-order valence-corrected chi connectivity index (χ2v) is 12.1. The molecule has 9 rings (SSSR count). The molecule has 206 valence electrons. The Hall–Kier alpha value is -5.58. The highest BCUT2D eigenvalue weighted by atomic mass is 32.1. The number of hydrogen-bond donors (Lipinski definition) is 0. The first-order valence-electron chi connectivity index (χ1n) is 14.8. The average molecular weight is 580 g/mol. The van der Waals surface area contributed by atoms with Crippen LogP contribution < -0.4 is 0 Å². The number of benzene rings is 6. The SMILES string of the molecule is c1ccc(-c2ccc(-c3nc(-c4cccc5c4sc4ccccc45)cc(-n4c5ccccc5c5ccccc54)n3)cc2)cc1. The van der Waals surface area contributed by atoms with Crippen molar-refractivity contribution in [2.45, 2.75) is 0 Å². The molecule has 0 radical (unpaired) electrons. The molecule has 4 heteroatoms. The lowest BCUT2D eigenvalue weighted by Crippen LogP contribution is -2.02. The number of fused-ring (bicyclic) bond motifs is 6. The normalized spacial score (nSPS) is 11.6. The van der Waals surface area contributed by atoms with Crippen LogP contribution in [0.2, 0.25) is 0 Å². The van der Waals surface area contributed by atoms with E-state index in [0.29, 0.717) is 5.82 Å². The molecule has 3 heterocycles. The summed E-state index contributed by atoms with van der Waals surface area (Å²) in [5, 5.41) is 4.96. The van der Waals surface area contributed by atoms with Gasteiger partial charge < -0.3 is 0 Å². The molecule has 0 aliphatic heterocycles. The summed E-state index contributed by atoms with van der Waals surface area (Å²) < 4.78 is 4.80. The number of nitrogens with zero attached hydrogens (tertiary/aromatic N) is 3. The standard InChI is InChI=1S/C40H25N3S/c1-2-11-26(12-3-1)27-21-23-28(24-22-27)40-41-34(33-17-10-16-32-31-15-6-9-20-37(31)44-39(32)33)25-38(42-40)43-35-18-7-4-13-29(35)30-14-5-8-19-36(30)43/h1-25H. The van der Waals surface area contributed by atoms with Crippen molar-refractivity contribution in [3.05, 3.63) is 152 Å². The molecule has 0 saturated heterocycles. The van der Waals surface area contributed by atoms with E-state index in [4.69, 9.17) is 9.97 Å². The Morgan fingerprint density at radius 3 is 1.80 bits per heavy atom. The first-order valence-corrected chi connectivity index (χ1v) is 15.6. The molecule has 0 unspecified atom stereocenters. The Balaban J connectivity index is 1.31. The van der Waals surface area contributed by atoms with Crippen molar-refractivity contribution in [3.8, 4) is 39.6 Å². The molecule has 0 amide bonds. The van der Waals surface area contributed by atoms with Gasteiger partial charge in [-0.25, -0.2) is 9.97 Å². The van der Waals surface area contributed by atoms with Crippen molar-refractivity contribution >= 4 is 53.3 Å². The topological polar surface area (TPSA) is 30.7 Å². The summed E-state index contributed by atoms with van der Waals surface area (Å²) in [5.74, 6) is 1.56. The predicted octanol–water partition coefficient (Wildman–Crippen LogP) is 10.9. The minimum absolute atomic E-state index is 0.706. The molecule has 3 aromatic heterocycles. The van der Waals surface area contributed by atoms with Gasteiger partial charge in [-0.1, -0.05) is 127 Å². The molecule has 6 aromatic carbocycles. The summed E-state index contributed by atoms with van der Waals surface area (Å²) >= 11 is 1.83. The maximum absolute atomic E-state index is 5.25. The smallest absolute Gasteiger partial charge is 0.162 e. The van der Waals surface area contributed by atoms with Crippen LogP contribution >= 0.6 is 11.3 Å². The van der Waals surface area contributed by atoms with Crippen LogP contribution in [-0.4, -0.2) is 14.5 Å². The van der Waals surface area contributed by atoms with Crippen LogP contribution in [0.4, 0.5) is 0 Å². The molecule has 0 fully saturated rings. The molecule has 0 atom stereocenters. The van der Waals surface area contributed by atoms with Gasteiger partial charge in [0.05, 0.1) is 16.7 Å². The van der Waals surface area contributed by atoms with Gasteiger partial charge in [0.15, 0.2) is 5.82 Å². The maximum atomic E-state index is 5.25. The van der Waals surface area contributed by atoms with Gasteiger partial charge in [0.2, 0.25) is 0 Å². The van der Waals surface area contributed by atoms with E-state index < -0.39 is 0 Å². The third kappa shape index (κ3) is 3.96. The molecular formula is C40H25N3S. The number of hydrogen-bond acceptors (Lipinski definition) is 3. The second-order valence-electron chi connectivity index (χ2n) is 11.0. The van der Waals surface area contributed by atoms with Crippen LogP contribution in [0.5, 0.6) is 0 Å². The minimum atomic E-state index is 0.706. The van der Waals surface area contributed by atoms with E-state index in [2.05, 4.69) is 150 Å². The largest absolute Gasteiger partial charge is 0.294 e. The van der Waals surface area contributed by atoms with Crippen LogP contribution in [0.3, 0.4) is 0 Å². The molecule has 0 saturated carbocycles. The van der Waals surface area contributed by atoms with E-state index in [9.17, 15) is 0 Å². The Labute approximate surface area is 258 Å². The monoisotopic (exact) mass is 579 g/mol. The fourth-order valence-electron chi connectivity index (χ4n) is 6.38. The fourth-order valence-corrected chi connectivity index (χ4v) is 7.60. The van der Waals surface area contributed by atoms with Gasteiger partial charge in [-0.05, 0) is 29.3 Å². The van der Waals surface area contributed by atoms with Gasteiger partial charge >= 0.3 is 0 Å². The van der Waals surface area contributed by atoms with Crippen molar-refractivity contribution in [3.63, 3.8) is 0 Å². The van der Waals surface area contributed by atoms with Crippen LogP contribution in [-0.2, 0) is 0 Å². The highest BCUT2D eigenvalue weighted by molar-refractivity contribution is 7.26. The quantitative estimate of drug-likeness (QED) is 0.208. The summed E-state index contributed by atoms with van der Waals surface area (Å²) in [6, 6.07) is 53.5. The van der Waals surface area contributed by atoms with Gasteiger partial charge in [-0.15, -0.1) is 11.3 Å². The van der Waals surface area contributed by atoms with Crippen LogP contribution in [0.1, 0.15) is 0 Å². The molecule has 3 nitrogen and oxygen atoms in total. The van der Waals surface area contributed by atoms with E-state index in [-0.39, 0.29) is 0 Å². The zero-order valence-corrected chi connectivity index (χ0v) is 24.5. The Bertz CT molecular complexity index is 2430. The lowest BCUT2D eigenvalue weighted by Gasteiger charge is -2.13. The third-order valence-electron chi connectivity index (χ3n) is 8.45. The summed E-state index contributed by atoms with van der Waals surface area (Å²) in [6.45, 7) is 0. The summed E-state index contributed by atoms with van der Waals surface area (Å²) in [6.07, 6.45) is 0. The van der Waals surface area contributed by atoms with Gasteiger partial charge in [0, 0.05) is 48.1 Å². The van der Waals surface area contributed by atoms with Crippen molar-refractivity contribution in [1.82, 2.24) is 14.5 Å². The minimum Gasteiger partial charge on any atom is -0.294 e. The van der Waals surface area contributed by atoms with Crippen molar-refractivity contribution in [2.24, 2.45) is 0 Å². The molecule has 44 heavy (non-hydrogen) atoms. The number of thiophene rings is 1. The lowest BCUT2D eigenvalue weighted by molar-refractivity contribution is 1.05. The highest BCUT2D eigenvalue weighted by Gasteiger charge is 2.18. The summed E-state index contributed by atoms with van der Waals surface area (Å²) in [4.78, 5) is 10.5. The van der Waals surface area contributed by atoms with E-state index in [1.54, 1.807) is 0 Å². The van der Waals surface area contributed by atoms with Gasteiger partial charge in [-0.2, -0.15) is 0 Å².